The first-order chi connectivity index (χ1) is 19.3. The Hall–Kier alpha value is -4.37. The van der Waals surface area contributed by atoms with Crippen LogP contribution in [0.15, 0.2) is 89.0 Å². The van der Waals surface area contributed by atoms with Crippen LogP contribution in [0.25, 0.3) is 0 Å². The molecule has 0 bridgehead atoms. The monoisotopic (exact) mass is 554 g/mol. The van der Waals surface area contributed by atoms with E-state index in [2.05, 4.69) is 15.3 Å². The summed E-state index contributed by atoms with van der Waals surface area (Å²) in [5.74, 6) is -0.553. The van der Waals surface area contributed by atoms with E-state index >= 15 is 4.39 Å². The summed E-state index contributed by atoms with van der Waals surface area (Å²) in [7, 11) is 0. The van der Waals surface area contributed by atoms with E-state index in [-0.39, 0.29) is 35.5 Å². The molecule has 202 valence electrons. The Bertz CT molecular complexity index is 1620. The van der Waals surface area contributed by atoms with Gasteiger partial charge in [0, 0.05) is 40.9 Å². The van der Waals surface area contributed by atoms with Gasteiger partial charge in [0.1, 0.15) is 23.9 Å². The molecular formula is C31H27FN4O3S. The van der Waals surface area contributed by atoms with E-state index in [4.69, 9.17) is 4.74 Å². The lowest BCUT2D eigenvalue weighted by Gasteiger charge is -2.36. The maximum atomic E-state index is 16.1. The second-order valence-electron chi connectivity index (χ2n) is 10.7. The summed E-state index contributed by atoms with van der Waals surface area (Å²) in [6, 6.07) is 16.7. The van der Waals surface area contributed by atoms with E-state index < -0.39 is 17.8 Å². The number of Topliss-reactive ketones (excluding diaryl/α,β-unsaturated/α-hetero) is 1. The Balaban J connectivity index is 1.49. The minimum absolute atomic E-state index is 0.142. The van der Waals surface area contributed by atoms with Crippen LogP contribution in [0.3, 0.4) is 0 Å². The Kier molecular flexibility index (Phi) is 6.67. The molecule has 40 heavy (non-hydrogen) atoms. The molecule has 0 spiro atoms. The first-order valence-electron chi connectivity index (χ1n) is 13.0. The van der Waals surface area contributed by atoms with Crippen LogP contribution in [0.2, 0.25) is 0 Å². The lowest BCUT2D eigenvalue weighted by Crippen LogP contribution is -2.40. The minimum Gasteiger partial charge on any atom is -0.489 e. The summed E-state index contributed by atoms with van der Waals surface area (Å²) in [5.41, 5.74) is 4.17. The summed E-state index contributed by atoms with van der Waals surface area (Å²) < 4.78 is 21.9. The number of nitrogens with one attached hydrogen (secondary N) is 1. The molecule has 0 fully saturated rings. The number of benzene rings is 2. The Morgan fingerprint density at radius 3 is 2.70 bits per heavy atom. The summed E-state index contributed by atoms with van der Waals surface area (Å²) in [5, 5.41) is 5.02. The number of amides is 1. The van der Waals surface area contributed by atoms with Crippen molar-refractivity contribution in [2.75, 3.05) is 10.2 Å². The van der Waals surface area contributed by atoms with Crippen molar-refractivity contribution in [1.29, 1.82) is 0 Å². The molecule has 2 aromatic heterocycles. The van der Waals surface area contributed by atoms with Crippen LogP contribution in [-0.4, -0.2) is 21.7 Å². The van der Waals surface area contributed by atoms with Crippen LogP contribution in [0, 0.1) is 11.2 Å². The number of aromatic nitrogens is 2. The number of hydrogen-bond donors (Lipinski definition) is 1. The highest BCUT2D eigenvalue weighted by atomic mass is 32.1. The van der Waals surface area contributed by atoms with Gasteiger partial charge < -0.3 is 10.1 Å². The normalized spacial score (nSPS) is 17.9. The van der Waals surface area contributed by atoms with Gasteiger partial charge in [-0.1, -0.05) is 44.2 Å². The SMILES string of the molecule is CC1(C)CC(=O)C2=C(C1)Nc1cccnc1N(C(=O)c1cscn1)C2c1ccc(OCc2ccccc2)cc1F. The first kappa shape index (κ1) is 25.9. The fourth-order valence-corrected chi connectivity index (χ4v) is 5.90. The number of carbonyl (C=O) groups excluding carboxylic acids is 2. The summed E-state index contributed by atoms with van der Waals surface area (Å²) in [4.78, 5) is 38.0. The minimum atomic E-state index is -1.06. The molecule has 6 rings (SSSR count). The van der Waals surface area contributed by atoms with Crippen LogP contribution in [0.5, 0.6) is 5.75 Å². The maximum Gasteiger partial charge on any atom is 0.279 e. The zero-order valence-electron chi connectivity index (χ0n) is 22.1. The van der Waals surface area contributed by atoms with E-state index in [0.29, 0.717) is 34.9 Å². The van der Waals surface area contributed by atoms with Crippen LogP contribution < -0.4 is 15.0 Å². The molecule has 0 saturated carbocycles. The molecule has 3 heterocycles. The van der Waals surface area contributed by atoms with E-state index in [0.717, 1.165) is 5.56 Å². The number of anilines is 2. The highest BCUT2D eigenvalue weighted by Crippen LogP contribution is 2.48. The fraction of sp³-hybridized carbons (Fsp3) is 0.226. The molecule has 0 radical (unpaired) electrons. The molecule has 1 N–H and O–H groups in total. The number of ketones is 1. The number of rotatable bonds is 5. The number of hydrogen-bond acceptors (Lipinski definition) is 7. The Labute approximate surface area is 235 Å². The predicted octanol–water partition coefficient (Wildman–Crippen LogP) is 6.71. The van der Waals surface area contributed by atoms with Gasteiger partial charge in [-0.05, 0) is 41.7 Å². The van der Waals surface area contributed by atoms with E-state index in [1.807, 2.05) is 44.2 Å². The van der Waals surface area contributed by atoms with Crippen LogP contribution in [0.4, 0.5) is 15.9 Å². The lowest BCUT2D eigenvalue weighted by atomic mass is 9.73. The number of pyridine rings is 1. The molecule has 2 aromatic carbocycles. The second kappa shape index (κ2) is 10.3. The number of halogens is 1. The second-order valence-corrected chi connectivity index (χ2v) is 11.5. The summed E-state index contributed by atoms with van der Waals surface area (Å²) in [6.45, 7) is 4.33. The zero-order valence-corrected chi connectivity index (χ0v) is 22.9. The maximum absolute atomic E-state index is 16.1. The molecule has 1 atom stereocenters. The third-order valence-corrected chi connectivity index (χ3v) is 7.72. The van der Waals surface area contributed by atoms with Crippen molar-refractivity contribution in [3.63, 3.8) is 0 Å². The van der Waals surface area contributed by atoms with Gasteiger partial charge >= 0.3 is 0 Å². The van der Waals surface area contributed by atoms with Crippen molar-refractivity contribution in [2.45, 2.75) is 39.3 Å². The van der Waals surface area contributed by atoms with Crippen LogP contribution in [-0.2, 0) is 11.4 Å². The third-order valence-electron chi connectivity index (χ3n) is 7.14. The van der Waals surface area contributed by atoms with Crippen molar-refractivity contribution in [2.24, 2.45) is 5.41 Å². The molecule has 2 aliphatic rings. The number of ether oxygens (including phenoxy) is 1. The average Bonchev–Trinajstić information content (AvgIpc) is 3.43. The predicted molar refractivity (Wildman–Crippen MR) is 152 cm³/mol. The third kappa shape index (κ3) is 4.88. The molecule has 4 aromatic rings. The van der Waals surface area contributed by atoms with Gasteiger partial charge in [0.25, 0.3) is 5.91 Å². The van der Waals surface area contributed by atoms with Crippen molar-refractivity contribution in [1.82, 2.24) is 9.97 Å². The Morgan fingerprint density at radius 1 is 1.12 bits per heavy atom. The van der Waals surface area contributed by atoms with Gasteiger partial charge in [-0.25, -0.2) is 14.4 Å². The Morgan fingerprint density at radius 2 is 1.95 bits per heavy atom. The van der Waals surface area contributed by atoms with Gasteiger partial charge in [0.05, 0.1) is 17.2 Å². The molecule has 1 aliphatic heterocycles. The quantitative estimate of drug-likeness (QED) is 0.295. The molecule has 1 unspecified atom stereocenters. The van der Waals surface area contributed by atoms with E-state index in [1.165, 1.54) is 22.3 Å². The summed E-state index contributed by atoms with van der Waals surface area (Å²) in [6.07, 6.45) is 2.40. The molecule has 9 heteroatoms. The molecule has 1 aliphatic carbocycles. The molecular weight excluding hydrogens is 527 g/mol. The number of nitrogens with zero attached hydrogens (tertiary/aromatic N) is 3. The van der Waals surface area contributed by atoms with Gasteiger partial charge in [-0.15, -0.1) is 11.3 Å². The largest absolute Gasteiger partial charge is 0.489 e. The van der Waals surface area contributed by atoms with Gasteiger partial charge in [0.15, 0.2) is 11.6 Å². The van der Waals surface area contributed by atoms with Crippen LogP contribution in [0.1, 0.15) is 54.3 Å². The number of thiazole rings is 1. The molecule has 1 amide bonds. The first-order valence-corrected chi connectivity index (χ1v) is 13.9. The number of carbonyl (C=O) groups is 2. The smallest absolute Gasteiger partial charge is 0.279 e. The molecule has 0 saturated heterocycles. The lowest BCUT2D eigenvalue weighted by molar-refractivity contribution is -0.118. The topological polar surface area (TPSA) is 84.4 Å². The van der Waals surface area contributed by atoms with Crippen LogP contribution >= 0.6 is 11.3 Å². The van der Waals surface area contributed by atoms with Gasteiger partial charge in [-0.2, -0.15) is 0 Å². The highest BCUT2D eigenvalue weighted by Gasteiger charge is 2.45. The zero-order chi connectivity index (χ0) is 27.9. The van der Waals surface area contributed by atoms with E-state index in [9.17, 15) is 9.59 Å². The number of allylic oxidation sites excluding steroid dienone is 1. The van der Waals surface area contributed by atoms with Gasteiger partial charge in [0.2, 0.25) is 0 Å². The summed E-state index contributed by atoms with van der Waals surface area (Å²) >= 11 is 1.28. The van der Waals surface area contributed by atoms with Crippen molar-refractivity contribution >= 4 is 34.5 Å². The van der Waals surface area contributed by atoms with Gasteiger partial charge in [-0.3, -0.25) is 14.5 Å². The fourth-order valence-electron chi connectivity index (χ4n) is 5.37. The number of fused-ring (bicyclic) bond motifs is 1. The molecule has 7 nitrogen and oxygen atoms in total. The van der Waals surface area contributed by atoms with Crippen molar-refractivity contribution < 1.29 is 18.7 Å². The van der Waals surface area contributed by atoms with Crippen molar-refractivity contribution in [3.05, 3.63) is 112 Å². The average molecular weight is 555 g/mol. The standard InChI is InChI=1S/C31H27FN4O3S/c1-31(2)14-24-27(26(37)15-31)28(21-11-10-20(13-22(21)32)39-16-19-7-4-3-5-8-19)36(30(38)25-17-40-18-34-25)29-23(35-24)9-6-12-33-29/h3-13,17-18,28,35H,14-16H2,1-2H3. The van der Waals surface area contributed by atoms with E-state index in [1.54, 1.807) is 41.4 Å². The van der Waals surface area contributed by atoms with Crippen molar-refractivity contribution in [3.8, 4) is 5.75 Å². The highest BCUT2D eigenvalue weighted by molar-refractivity contribution is 7.07.